The molecular weight excluding hydrogens is 346 g/mol. The minimum atomic E-state index is -3.68. The Morgan fingerprint density at radius 2 is 2.00 bits per heavy atom. The van der Waals surface area contributed by atoms with Crippen molar-refractivity contribution in [1.82, 2.24) is 24.5 Å². The number of aromatic nitrogens is 4. The Morgan fingerprint density at radius 1 is 1.24 bits per heavy atom. The maximum atomic E-state index is 12.8. The molecule has 0 bridgehead atoms. The SMILES string of the molecule is CC(C)c1ncc(S(=O)(=O)N2CCO[C@H](c3nnc(C(C)C)o3)C2)[nH]1. The van der Waals surface area contributed by atoms with Crippen LogP contribution in [0.1, 0.15) is 63.2 Å². The molecule has 0 unspecified atom stereocenters. The molecule has 1 saturated heterocycles. The summed E-state index contributed by atoms with van der Waals surface area (Å²) in [6.45, 7) is 8.43. The fourth-order valence-corrected chi connectivity index (χ4v) is 3.83. The highest BCUT2D eigenvalue weighted by Gasteiger charge is 2.35. The maximum absolute atomic E-state index is 12.8. The summed E-state index contributed by atoms with van der Waals surface area (Å²) in [5, 5.41) is 8.06. The fraction of sp³-hybridized carbons (Fsp3) is 0.667. The third-order valence-corrected chi connectivity index (χ3v) is 5.77. The van der Waals surface area contributed by atoms with Gasteiger partial charge in [0.25, 0.3) is 10.0 Å². The average molecular weight is 369 g/mol. The zero-order chi connectivity index (χ0) is 18.2. The first-order valence-corrected chi connectivity index (χ1v) is 9.73. The third-order valence-electron chi connectivity index (χ3n) is 3.99. The number of hydrogen-bond acceptors (Lipinski definition) is 7. The Balaban J connectivity index is 1.79. The lowest BCUT2D eigenvalue weighted by Gasteiger charge is -2.29. The molecule has 138 valence electrons. The molecule has 0 aliphatic carbocycles. The normalized spacial score (nSPS) is 19.8. The number of aromatic amines is 1. The van der Waals surface area contributed by atoms with Gasteiger partial charge >= 0.3 is 0 Å². The van der Waals surface area contributed by atoms with E-state index in [-0.39, 0.29) is 36.6 Å². The highest BCUT2D eigenvalue weighted by Crippen LogP contribution is 2.27. The molecule has 2 aromatic rings. The summed E-state index contributed by atoms with van der Waals surface area (Å²) in [5.74, 6) is 1.67. The number of ether oxygens (including phenoxy) is 1. The highest BCUT2D eigenvalue weighted by atomic mass is 32.2. The van der Waals surface area contributed by atoms with Gasteiger partial charge in [0.15, 0.2) is 5.03 Å². The molecule has 1 atom stereocenters. The molecule has 0 amide bonds. The van der Waals surface area contributed by atoms with E-state index < -0.39 is 16.1 Å². The van der Waals surface area contributed by atoms with Gasteiger partial charge < -0.3 is 14.1 Å². The number of nitrogens with one attached hydrogen (secondary N) is 1. The Morgan fingerprint density at radius 3 is 2.60 bits per heavy atom. The molecule has 3 rings (SSSR count). The number of hydrogen-bond donors (Lipinski definition) is 1. The summed E-state index contributed by atoms with van der Waals surface area (Å²) in [4.78, 5) is 7.03. The predicted octanol–water partition coefficient (Wildman–Crippen LogP) is 1.80. The van der Waals surface area contributed by atoms with Crippen LogP contribution < -0.4 is 0 Å². The van der Waals surface area contributed by atoms with Crippen LogP contribution in [0, 0.1) is 0 Å². The third kappa shape index (κ3) is 3.60. The van der Waals surface area contributed by atoms with Crippen LogP contribution in [0.15, 0.2) is 15.6 Å². The van der Waals surface area contributed by atoms with Crippen molar-refractivity contribution in [2.75, 3.05) is 19.7 Å². The molecule has 0 saturated carbocycles. The summed E-state index contributed by atoms with van der Waals surface area (Å²) in [6.07, 6.45) is 0.787. The lowest BCUT2D eigenvalue weighted by molar-refractivity contribution is -0.0179. The lowest BCUT2D eigenvalue weighted by Crippen LogP contribution is -2.42. The van der Waals surface area contributed by atoms with Crippen molar-refractivity contribution in [3.05, 3.63) is 23.8 Å². The number of morpholine rings is 1. The molecule has 1 fully saturated rings. The van der Waals surface area contributed by atoms with E-state index in [1.54, 1.807) is 0 Å². The van der Waals surface area contributed by atoms with Gasteiger partial charge in [-0.2, -0.15) is 4.31 Å². The second kappa shape index (κ2) is 6.85. The van der Waals surface area contributed by atoms with Crippen molar-refractivity contribution >= 4 is 10.0 Å². The van der Waals surface area contributed by atoms with Crippen LogP contribution in [0.2, 0.25) is 0 Å². The number of sulfonamides is 1. The van der Waals surface area contributed by atoms with Crippen LogP contribution in [-0.4, -0.2) is 52.6 Å². The van der Waals surface area contributed by atoms with Gasteiger partial charge in [0.05, 0.1) is 12.8 Å². The van der Waals surface area contributed by atoms with Gasteiger partial charge in [0, 0.05) is 24.9 Å². The van der Waals surface area contributed by atoms with E-state index in [9.17, 15) is 8.42 Å². The van der Waals surface area contributed by atoms with Crippen molar-refractivity contribution in [3.63, 3.8) is 0 Å². The van der Waals surface area contributed by atoms with Crippen LogP contribution in [-0.2, 0) is 14.8 Å². The van der Waals surface area contributed by atoms with E-state index >= 15 is 0 Å². The van der Waals surface area contributed by atoms with E-state index in [0.717, 1.165) is 0 Å². The van der Waals surface area contributed by atoms with Crippen LogP contribution in [0.5, 0.6) is 0 Å². The van der Waals surface area contributed by atoms with Crippen LogP contribution in [0.3, 0.4) is 0 Å². The van der Waals surface area contributed by atoms with Gasteiger partial charge in [0.1, 0.15) is 11.9 Å². The minimum absolute atomic E-state index is 0.0882. The predicted molar refractivity (Wildman–Crippen MR) is 88.5 cm³/mol. The van der Waals surface area contributed by atoms with Crippen LogP contribution in [0.25, 0.3) is 0 Å². The van der Waals surface area contributed by atoms with Crippen molar-refractivity contribution in [1.29, 1.82) is 0 Å². The Labute approximate surface area is 146 Å². The second-order valence-electron chi connectivity index (χ2n) is 6.64. The van der Waals surface area contributed by atoms with Gasteiger partial charge in [-0.1, -0.05) is 27.7 Å². The van der Waals surface area contributed by atoms with Gasteiger partial charge in [-0.25, -0.2) is 13.4 Å². The highest BCUT2D eigenvalue weighted by molar-refractivity contribution is 7.89. The summed E-state index contributed by atoms with van der Waals surface area (Å²) in [5.41, 5.74) is 0. The van der Waals surface area contributed by atoms with E-state index in [2.05, 4.69) is 20.2 Å². The second-order valence-corrected chi connectivity index (χ2v) is 8.55. The first-order valence-electron chi connectivity index (χ1n) is 8.29. The van der Waals surface area contributed by atoms with Crippen molar-refractivity contribution in [2.45, 2.75) is 50.7 Å². The van der Waals surface area contributed by atoms with E-state index in [1.807, 2.05) is 27.7 Å². The fourth-order valence-electron chi connectivity index (χ4n) is 2.49. The summed E-state index contributed by atoms with van der Waals surface area (Å²) >= 11 is 0. The quantitative estimate of drug-likeness (QED) is 0.854. The molecule has 25 heavy (non-hydrogen) atoms. The first kappa shape index (κ1) is 18.0. The molecular formula is C15H23N5O4S. The molecule has 3 heterocycles. The monoisotopic (exact) mass is 369 g/mol. The average Bonchev–Trinajstić information content (AvgIpc) is 3.25. The molecule has 2 aromatic heterocycles. The summed E-state index contributed by atoms with van der Waals surface area (Å²) < 4.78 is 38.3. The molecule has 1 aliphatic rings. The molecule has 1 aliphatic heterocycles. The molecule has 10 heteroatoms. The van der Waals surface area contributed by atoms with E-state index in [4.69, 9.17) is 9.15 Å². The number of nitrogens with zero attached hydrogens (tertiary/aromatic N) is 4. The molecule has 0 spiro atoms. The van der Waals surface area contributed by atoms with Gasteiger partial charge in [-0.05, 0) is 0 Å². The standard InChI is InChI=1S/C15H23N5O4S/c1-9(2)13-16-7-12(17-13)25(21,22)20-5-6-23-11(8-20)15-19-18-14(24-15)10(3)4/h7,9-11H,5-6,8H2,1-4H3,(H,16,17)/t11-/m0/s1. The van der Waals surface area contributed by atoms with Gasteiger partial charge in [-0.15, -0.1) is 10.2 Å². The van der Waals surface area contributed by atoms with Crippen molar-refractivity contribution < 1.29 is 17.6 Å². The lowest BCUT2D eigenvalue weighted by atomic mass is 10.2. The zero-order valence-electron chi connectivity index (χ0n) is 14.8. The number of rotatable bonds is 5. The molecule has 9 nitrogen and oxygen atoms in total. The topological polar surface area (TPSA) is 114 Å². The maximum Gasteiger partial charge on any atom is 0.260 e. The van der Waals surface area contributed by atoms with Crippen LogP contribution >= 0.6 is 0 Å². The zero-order valence-corrected chi connectivity index (χ0v) is 15.6. The van der Waals surface area contributed by atoms with Gasteiger partial charge in [-0.3, -0.25) is 0 Å². The minimum Gasteiger partial charge on any atom is -0.422 e. The van der Waals surface area contributed by atoms with Crippen molar-refractivity contribution in [2.24, 2.45) is 0 Å². The molecule has 0 radical (unpaired) electrons. The largest absolute Gasteiger partial charge is 0.422 e. The molecule has 1 N–H and O–H groups in total. The summed E-state index contributed by atoms with van der Waals surface area (Å²) in [7, 11) is -3.68. The summed E-state index contributed by atoms with van der Waals surface area (Å²) in [6, 6.07) is 0. The van der Waals surface area contributed by atoms with E-state index in [1.165, 1.54) is 10.5 Å². The Bertz CT molecular complexity index is 827. The number of H-pyrrole nitrogens is 1. The van der Waals surface area contributed by atoms with E-state index in [0.29, 0.717) is 17.6 Å². The smallest absolute Gasteiger partial charge is 0.260 e. The Kier molecular flexibility index (Phi) is 4.94. The Hall–Kier alpha value is -1.78. The van der Waals surface area contributed by atoms with Gasteiger partial charge in [0.2, 0.25) is 11.8 Å². The number of imidazole rings is 1. The van der Waals surface area contributed by atoms with Crippen molar-refractivity contribution in [3.8, 4) is 0 Å². The van der Waals surface area contributed by atoms with Crippen LogP contribution in [0.4, 0.5) is 0 Å². The first-order chi connectivity index (χ1) is 11.8. The molecule has 0 aromatic carbocycles.